The van der Waals surface area contributed by atoms with Gasteiger partial charge in [0.15, 0.2) is 17.0 Å². The molecular formula is C7H10N6S. The van der Waals surface area contributed by atoms with Crippen LogP contribution in [0.5, 0.6) is 0 Å². The Labute approximate surface area is 85.0 Å². The lowest BCUT2D eigenvalue weighted by atomic mass is 10.5. The van der Waals surface area contributed by atoms with Crippen molar-refractivity contribution < 1.29 is 0 Å². The number of hydrogen-bond acceptors (Lipinski definition) is 6. The summed E-state index contributed by atoms with van der Waals surface area (Å²) >= 11 is 1.56. The van der Waals surface area contributed by atoms with Gasteiger partial charge in [0.1, 0.15) is 6.33 Å². The summed E-state index contributed by atoms with van der Waals surface area (Å²) in [6.45, 7) is 2.11. The van der Waals surface area contributed by atoms with Crippen LogP contribution in [0.4, 0.5) is 5.82 Å². The first-order valence-corrected chi connectivity index (χ1v) is 5.22. The number of hydrogen-bond donors (Lipinski definition) is 1. The first-order valence-electron chi connectivity index (χ1n) is 4.28. The molecule has 2 aromatic rings. The highest BCUT2D eigenvalue weighted by Gasteiger charge is 2.08. The first-order chi connectivity index (χ1) is 6.83. The van der Waals surface area contributed by atoms with Gasteiger partial charge in [0.25, 0.3) is 0 Å². The summed E-state index contributed by atoms with van der Waals surface area (Å²) in [7, 11) is 0. The van der Waals surface area contributed by atoms with Gasteiger partial charge in [-0.1, -0.05) is 12.1 Å². The summed E-state index contributed by atoms with van der Waals surface area (Å²) in [5.74, 6) is 1.35. The topological polar surface area (TPSA) is 82.5 Å². The van der Waals surface area contributed by atoms with Crippen LogP contribution >= 0.6 is 11.9 Å². The zero-order valence-electron chi connectivity index (χ0n) is 7.71. The highest BCUT2D eigenvalue weighted by molar-refractivity contribution is 7.97. The maximum Gasteiger partial charge on any atom is 0.195 e. The van der Waals surface area contributed by atoms with Crippen molar-refractivity contribution in [1.82, 2.24) is 24.4 Å². The van der Waals surface area contributed by atoms with E-state index in [1.54, 1.807) is 16.0 Å². The van der Waals surface area contributed by atoms with E-state index < -0.39 is 0 Å². The highest BCUT2D eigenvalue weighted by atomic mass is 32.2. The van der Waals surface area contributed by atoms with Gasteiger partial charge in [0.2, 0.25) is 0 Å². The molecule has 0 saturated heterocycles. The molecule has 2 heterocycles. The first kappa shape index (κ1) is 9.20. The molecule has 0 bridgehead atoms. The number of fused-ring (bicyclic) bond motifs is 1. The molecule has 2 rings (SSSR count). The van der Waals surface area contributed by atoms with Gasteiger partial charge >= 0.3 is 0 Å². The number of nitrogens with two attached hydrogens (primary N) is 1. The predicted octanol–water partition coefficient (Wildman–Crippen LogP) is 0.710. The Kier molecular flexibility index (Phi) is 2.49. The van der Waals surface area contributed by atoms with Gasteiger partial charge in [-0.15, -0.1) is 5.10 Å². The number of aromatic nitrogens is 5. The molecule has 7 heteroatoms. The molecule has 0 aromatic carbocycles. The maximum absolute atomic E-state index is 5.62. The molecule has 0 aliphatic heterocycles. The Bertz CT molecular complexity index is 439. The summed E-state index contributed by atoms with van der Waals surface area (Å²) in [5.41, 5.74) is 6.86. The molecule has 2 N–H and O–H groups in total. The summed E-state index contributed by atoms with van der Waals surface area (Å²) in [6, 6.07) is 0. The number of anilines is 1. The van der Waals surface area contributed by atoms with E-state index in [9.17, 15) is 0 Å². The molecule has 2 aromatic heterocycles. The van der Waals surface area contributed by atoms with Gasteiger partial charge in [0, 0.05) is 5.75 Å². The highest BCUT2D eigenvalue weighted by Crippen LogP contribution is 2.17. The second-order valence-electron chi connectivity index (χ2n) is 2.73. The summed E-state index contributed by atoms with van der Waals surface area (Å²) < 4.78 is 1.68. The van der Waals surface area contributed by atoms with Gasteiger partial charge in [-0.3, -0.25) is 0 Å². The van der Waals surface area contributed by atoms with E-state index in [-0.39, 0.29) is 0 Å². The Balaban J connectivity index is 2.42. The van der Waals surface area contributed by atoms with E-state index in [0.29, 0.717) is 17.0 Å². The zero-order valence-corrected chi connectivity index (χ0v) is 8.53. The second kappa shape index (κ2) is 3.79. The third kappa shape index (κ3) is 1.50. The Morgan fingerprint density at radius 3 is 3.14 bits per heavy atom. The fourth-order valence-corrected chi connectivity index (χ4v) is 1.71. The largest absolute Gasteiger partial charge is 0.382 e. The quantitative estimate of drug-likeness (QED) is 0.803. The van der Waals surface area contributed by atoms with Crippen molar-refractivity contribution in [3.8, 4) is 0 Å². The number of rotatable bonds is 3. The number of nitrogens with zero attached hydrogens (tertiary/aromatic N) is 5. The van der Waals surface area contributed by atoms with Gasteiger partial charge in [0.05, 0.1) is 0 Å². The van der Waals surface area contributed by atoms with Crippen LogP contribution in [0.15, 0.2) is 6.33 Å². The summed E-state index contributed by atoms with van der Waals surface area (Å²) in [6.07, 6.45) is 2.50. The minimum absolute atomic E-state index is 0.373. The molecule has 14 heavy (non-hydrogen) atoms. The molecule has 0 saturated carbocycles. The smallest absolute Gasteiger partial charge is 0.195 e. The van der Waals surface area contributed by atoms with Crippen molar-refractivity contribution in [2.45, 2.75) is 13.3 Å². The lowest BCUT2D eigenvalue weighted by Gasteiger charge is -1.97. The number of nitrogen functional groups attached to an aromatic ring is 1. The fourth-order valence-electron chi connectivity index (χ4n) is 1.01. The maximum atomic E-state index is 5.62. The van der Waals surface area contributed by atoms with Crippen LogP contribution in [0.2, 0.25) is 0 Å². The molecule has 0 aliphatic rings. The Morgan fingerprint density at radius 2 is 2.36 bits per heavy atom. The van der Waals surface area contributed by atoms with Crippen molar-refractivity contribution >= 4 is 28.9 Å². The second-order valence-corrected chi connectivity index (χ2v) is 3.74. The zero-order chi connectivity index (χ0) is 9.97. The lowest BCUT2D eigenvalue weighted by molar-refractivity contribution is 0.900. The van der Waals surface area contributed by atoms with Crippen LogP contribution in [0.25, 0.3) is 11.2 Å². The lowest BCUT2D eigenvalue weighted by Crippen LogP contribution is -1.95. The molecule has 0 unspecified atom stereocenters. The molecule has 74 valence electrons. The van der Waals surface area contributed by atoms with E-state index in [0.717, 1.165) is 12.2 Å². The fraction of sp³-hybridized carbons (Fsp3) is 0.429. The van der Waals surface area contributed by atoms with E-state index in [4.69, 9.17) is 5.73 Å². The third-order valence-corrected chi connectivity index (χ3v) is 2.74. The minimum Gasteiger partial charge on any atom is -0.382 e. The normalized spacial score (nSPS) is 10.9. The van der Waals surface area contributed by atoms with Gasteiger partial charge in [-0.05, 0) is 18.4 Å². The summed E-state index contributed by atoms with van der Waals surface area (Å²) in [4.78, 5) is 7.92. The predicted molar refractivity (Wildman–Crippen MR) is 55.7 cm³/mol. The van der Waals surface area contributed by atoms with E-state index in [2.05, 4.69) is 27.2 Å². The average Bonchev–Trinajstić information content (AvgIpc) is 2.60. The molecule has 0 aliphatic carbocycles. The molecule has 0 atom stereocenters. The van der Waals surface area contributed by atoms with Crippen LogP contribution < -0.4 is 5.73 Å². The Morgan fingerprint density at radius 1 is 1.50 bits per heavy atom. The van der Waals surface area contributed by atoms with Crippen LogP contribution in [0, 0.1) is 0 Å². The van der Waals surface area contributed by atoms with Gasteiger partial charge < -0.3 is 5.73 Å². The standard InChI is InChI=1S/C7H10N6S/c1-2-3-14-13-7-5(11-12-13)6(8)9-4-10-7/h4H,2-3H2,1H3,(H2,8,9,10). The van der Waals surface area contributed by atoms with Crippen molar-refractivity contribution in [3.63, 3.8) is 0 Å². The molecular weight excluding hydrogens is 200 g/mol. The van der Waals surface area contributed by atoms with Gasteiger partial charge in [-0.2, -0.15) is 4.09 Å². The van der Waals surface area contributed by atoms with E-state index in [1.807, 2.05) is 0 Å². The molecule has 0 spiro atoms. The van der Waals surface area contributed by atoms with E-state index >= 15 is 0 Å². The molecule has 0 radical (unpaired) electrons. The van der Waals surface area contributed by atoms with Crippen LogP contribution in [0.1, 0.15) is 13.3 Å². The van der Waals surface area contributed by atoms with E-state index in [1.165, 1.54) is 6.33 Å². The van der Waals surface area contributed by atoms with Crippen molar-refractivity contribution in [2.24, 2.45) is 0 Å². The molecule has 6 nitrogen and oxygen atoms in total. The van der Waals surface area contributed by atoms with Crippen molar-refractivity contribution in [2.75, 3.05) is 11.5 Å². The molecule has 0 fully saturated rings. The third-order valence-electron chi connectivity index (χ3n) is 1.66. The molecule has 0 amide bonds. The monoisotopic (exact) mass is 210 g/mol. The van der Waals surface area contributed by atoms with Crippen LogP contribution in [0.3, 0.4) is 0 Å². The van der Waals surface area contributed by atoms with Crippen molar-refractivity contribution in [1.29, 1.82) is 0 Å². The van der Waals surface area contributed by atoms with Gasteiger partial charge in [-0.25, -0.2) is 9.97 Å². The Hall–Kier alpha value is -1.37. The van der Waals surface area contributed by atoms with Crippen molar-refractivity contribution in [3.05, 3.63) is 6.33 Å². The minimum atomic E-state index is 0.373. The van der Waals surface area contributed by atoms with Crippen LogP contribution in [-0.2, 0) is 0 Å². The average molecular weight is 210 g/mol. The van der Waals surface area contributed by atoms with Crippen LogP contribution in [-0.4, -0.2) is 30.1 Å². The summed E-state index contributed by atoms with van der Waals surface area (Å²) in [5, 5.41) is 7.85. The SMILES string of the molecule is CCCSn1nnc2c(N)ncnc21.